The van der Waals surface area contributed by atoms with E-state index in [1.54, 1.807) is 50.4 Å². The van der Waals surface area contributed by atoms with Gasteiger partial charge in [0.2, 0.25) is 10.0 Å². The number of hydrogen-bond donors (Lipinski definition) is 0. The standard InChI is InChI=1S/C29H40N4O5S2/c1-6-32(7-2)17-18-33(29-30-24-19-25(37-4)26(38-5)20-27(24)39-29)28(34)21-13-15-23(16-14-21)40(35,36)31(3)22-11-9-8-10-12-22/h13-16,19-20,22H,6-12,17-18H2,1-5H3. The van der Waals surface area contributed by atoms with Gasteiger partial charge in [-0.3, -0.25) is 9.69 Å². The van der Waals surface area contributed by atoms with Gasteiger partial charge in [-0.1, -0.05) is 44.4 Å². The molecular weight excluding hydrogens is 548 g/mol. The summed E-state index contributed by atoms with van der Waals surface area (Å²) in [4.78, 5) is 22.8. The summed E-state index contributed by atoms with van der Waals surface area (Å²) in [5.74, 6) is 0.943. The first-order chi connectivity index (χ1) is 19.2. The third kappa shape index (κ3) is 6.43. The van der Waals surface area contributed by atoms with Crippen molar-refractivity contribution in [2.45, 2.75) is 56.9 Å². The molecule has 218 valence electrons. The Morgan fingerprint density at radius 3 is 2.20 bits per heavy atom. The molecule has 0 atom stereocenters. The van der Waals surface area contributed by atoms with Crippen molar-refractivity contribution in [3.8, 4) is 11.5 Å². The lowest BCUT2D eigenvalue weighted by Gasteiger charge is -2.30. The van der Waals surface area contributed by atoms with E-state index in [-0.39, 0.29) is 16.8 Å². The molecule has 1 aromatic heterocycles. The predicted molar refractivity (Wildman–Crippen MR) is 160 cm³/mol. The number of thiazole rings is 1. The van der Waals surface area contributed by atoms with Crippen LogP contribution in [0.3, 0.4) is 0 Å². The molecule has 0 saturated heterocycles. The van der Waals surface area contributed by atoms with Gasteiger partial charge in [0.25, 0.3) is 5.91 Å². The average Bonchev–Trinajstić information content (AvgIpc) is 3.40. The molecule has 11 heteroatoms. The maximum absolute atomic E-state index is 13.9. The fourth-order valence-electron chi connectivity index (χ4n) is 5.16. The molecule has 2 aromatic carbocycles. The zero-order valence-corrected chi connectivity index (χ0v) is 25.7. The van der Waals surface area contributed by atoms with E-state index in [4.69, 9.17) is 14.5 Å². The number of benzene rings is 2. The van der Waals surface area contributed by atoms with Crippen molar-refractivity contribution in [3.63, 3.8) is 0 Å². The number of fused-ring (bicyclic) bond motifs is 1. The Balaban J connectivity index is 1.63. The van der Waals surface area contributed by atoms with Crippen molar-refractivity contribution < 1.29 is 22.7 Å². The Labute approximate surface area is 241 Å². The SMILES string of the molecule is CCN(CC)CCN(C(=O)c1ccc(S(=O)(=O)N(C)C2CCCCC2)cc1)c1nc2cc(OC)c(OC)cc2s1. The van der Waals surface area contributed by atoms with Crippen molar-refractivity contribution in [2.24, 2.45) is 0 Å². The quantitative estimate of drug-likeness (QED) is 0.285. The molecule has 4 rings (SSSR count). The van der Waals surface area contributed by atoms with Gasteiger partial charge in [-0.2, -0.15) is 4.31 Å². The monoisotopic (exact) mass is 588 g/mol. The normalized spacial score (nSPS) is 14.7. The first-order valence-electron chi connectivity index (χ1n) is 13.9. The lowest BCUT2D eigenvalue weighted by Crippen LogP contribution is -2.39. The summed E-state index contributed by atoms with van der Waals surface area (Å²) in [6, 6.07) is 9.99. The molecule has 0 radical (unpaired) electrons. The third-order valence-corrected chi connectivity index (χ3v) is 10.7. The van der Waals surface area contributed by atoms with Crippen molar-refractivity contribution in [1.82, 2.24) is 14.2 Å². The van der Waals surface area contributed by atoms with Crippen LogP contribution in [0.2, 0.25) is 0 Å². The minimum atomic E-state index is -3.64. The topological polar surface area (TPSA) is 92.3 Å². The Hall–Kier alpha value is -2.73. The maximum Gasteiger partial charge on any atom is 0.260 e. The van der Waals surface area contributed by atoms with Crippen molar-refractivity contribution in [1.29, 1.82) is 0 Å². The Bertz CT molecular complexity index is 1360. The molecule has 1 fully saturated rings. The number of nitrogens with zero attached hydrogens (tertiary/aromatic N) is 4. The van der Waals surface area contributed by atoms with Gasteiger partial charge in [-0.25, -0.2) is 13.4 Å². The molecule has 1 saturated carbocycles. The van der Waals surface area contributed by atoms with Crippen LogP contribution in [0.15, 0.2) is 41.3 Å². The van der Waals surface area contributed by atoms with E-state index in [1.165, 1.54) is 15.6 Å². The molecule has 3 aromatic rings. The first kappa shape index (κ1) is 30.2. The average molecular weight is 589 g/mol. The number of ether oxygens (including phenoxy) is 2. The zero-order valence-electron chi connectivity index (χ0n) is 24.1. The smallest absolute Gasteiger partial charge is 0.260 e. The van der Waals surface area contributed by atoms with Crippen molar-refractivity contribution in [3.05, 3.63) is 42.0 Å². The van der Waals surface area contributed by atoms with Crippen molar-refractivity contribution >= 4 is 42.6 Å². The lowest BCUT2D eigenvalue weighted by atomic mass is 9.96. The van der Waals surface area contributed by atoms with Gasteiger partial charge < -0.3 is 14.4 Å². The number of carbonyl (C=O) groups is 1. The summed E-state index contributed by atoms with van der Waals surface area (Å²) in [6.07, 6.45) is 5.02. The van der Waals surface area contributed by atoms with Gasteiger partial charge in [0.1, 0.15) is 0 Å². The summed E-state index contributed by atoms with van der Waals surface area (Å²) in [6.45, 7) is 7.05. The summed E-state index contributed by atoms with van der Waals surface area (Å²) in [5, 5.41) is 0.566. The van der Waals surface area contributed by atoms with Gasteiger partial charge in [0.15, 0.2) is 16.6 Å². The van der Waals surface area contributed by atoms with Crippen LogP contribution in [0.1, 0.15) is 56.3 Å². The number of hydrogen-bond acceptors (Lipinski definition) is 8. The van der Waals surface area contributed by atoms with Crippen LogP contribution in [0.5, 0.6) is 11.5 Å². The molecule has 9 nitrogen and oxygen atoms in total. The summed E-state index contributed by atoms with van der Waals surface area (Å²) < 4.78 is 39.9. The number of amides is 1. The number of sulfonamides is 1. The Kier molecular flexibility index (Phi) is 10.0. The lowest BCUT2D eigenvalue weighted by molar-refractivity contribution is 0.0983. The highest BCUT2D eigenvalue weighted by atomic mass is 32.2. The minimum Gasteiger partial charge on any atom is -0.493 e. The summed E-state index contributed by atoms with van der Waals surface area (Å²) >= 11 is 1.41. The van der Waals surface area contributed by atoms with E-state index in [2.05, 4.69) is 18.7 Å². The fraction of sp³-hybridized carbons (Fsp3) is 0.517. The molecule has 0 spiro atoms. The van der Waals surface area contributed by atoms with Crippen LogP contribution in [-0.2, 0) is 10.0 Å². The van der Waals surface area contributed by atoms with Crippen molar-refractivity contribution in [2.75, 3.05) is 52.3 Å². The number of aromatic nitrogens is 1. The molecule has 1 aliphatic rings. The molecule has 0 unspecified atom stereocenters. The van der Waals surface area contributed by atoms with Crippen LogP contribution in [0.25, 0.3) is 10.2 Å². The molecule has 0 bridgehead atoms. The molecular formula is C29H40N4O5S2. The zero-order chi connectivity index (χ0) is 28.9. The number of carbonyl (C=O) groups excluding carboxylic acids is 1. The molecule has 0 N–H and O–H groups in total. The van der Waals surface area contributed by atoms with E-state index in [9.17, 15) is 13.2 Å². The van der Waals surface area contributed by atoms with E-state index >= 15 is 0 Å². The first-order valence-corrected chi connectivity index (χ1v) is 16.1. The van der Waals surface area contributed by atoms with E-state index in [0.717, 1.165) is 49.9 Å². The van der Waals surface area contributed by atoms with Gasteiger partial charge in [0, 0.05) is 43.9 Å². The molecule has 0 aliphatic heterocycles. The second-order valence-electron chi connectivity index (χ2n) is 9.99. The van der Waals surface area contributed by atoms with Crippen LogP contribution in [0, 0.1) is 0 Å². The number of anilines is 1. The minimum absolute atomic E-state index is 0.0203. The summed E-state index contributed by atoms with van der Waals surface area (Å²) in [5.41, 5.74) is 1.12. The summed E-state index contributed by atoms with van der Waals surface area (Å²) in [7, 11) is 1.18. The second kappa shape index (κ2) is 13.3. The van der Waals surface area contributed by atoms with Crippen LogP contribution < -0.4 is 14.4 Å². The van der Waals surface area contributed by atoms with Crippen LogP contribution in [0.4, 0.5) is 5.13 Å². The van der Waals surface area contributed by atoms with Crippen LogP contribution >= 0.6 is 11.3 Å². The predicted octanol–water partition coefficient (Wildman–Crippen LogP) is 5.26. The van der Waals surface area contributed by atoms with E-state index in [0.29, 0.717) is 40.8 Å². The van der Waals surface area contributed by atoms with Crippen LogP contribution in [-0.4, -0.2) is 82.0 Å². The van der Waals surface area contributed by atoms with Gasteiger partial charge in [-0.15, -0.1) is 0 Å². The maximum atomic E-state index is 13.9. The highest BCUT2D eigenvalue weighted by Crippen LogP contribution is 2.37. The third-order valence-electron chi connectivity index (χ3n) is 7.76. The molecule has 1 aliphatic carbocycles. The second-order valence-corrected chi connectivity index (χ2v) is 13.0. The highest BCUT2D eigenvalue weighted by molar-refractivity contribution is 7.89. The van der Waals surface area contributed by atoms with Gasteiger partial charge in [-0.05, 0) is 50.2 Å². The number of methoxy groups -OCH3 is 2. The number of likely N-dealkylation sites (N-methyl/N-ethyl adjacent to an activating group) is 1. The largest absolute Gasteiger partial charge is 0.493 e. The molecule has 1 heterocycles. The van der Waals surface area contributed by atoms with Gasteiger partial charge >= 0.3 is 0 Å². The van der Waals surface area contributed by atoms with Gasteiger partial charge in [0.05, 0.1) is 29.3 Å². The van der Waals surface area contributed by atoms with E-state index in [1.807, 2.05) is 12.1 Å². The molecule has 40 heavy (non-hydrogen) atoms. The van der Waals surface area contributed by atoms with E-state index < -0.39 is 10.0 Å². The number of rotatable bonds is 12. The fourth-order valence-corrected chi connectivity index (χ4v) is 7.57. The Morgan fingerprint density at radius 1 is 0.975 bits per heavy atom. The highest BCUT2D eigenvalue weighted by Gasteiger charge is 2.30. The molecule has 1 amide bonds. The Morgan fingerprint density at radius 2 is 1.60 bits per heavy atom.